The minimum atomic E-state index is -2.38. The van der Waals surface area contributed by atoms with E-state index < -0.39 is 52.4 Å². The second-order valence-corrected chi connectivity index (χ2v) is 6.44. The molecule has 10 heteroatoms. The number of imide groups is 1. The maximum atomic E-state index is 13.8. The van der Waals surface area contributed by atoms with Crippen LogP contribution in [0.15, 0.2) is 48.5 Å². The molecule has 1 N–H and O–H groups in total. The molecule has 1 heterocycles. The first-order valence-corrected chi connectivity index (χ1v) is 8.63. The molecular formula is C21H9F5N2O3. The molecule has 3 aromatic rings. The number of nitrogens with zero attached hydrogens (tertiary/aromatic N) is 1. The van der Waals surface area contributed by atoms with Crippen molar-refractivity contribution in [3.63, 3.8) is 0 Å². The van der Waals surface area contributed by atoms with E-state index in [9.17, 15) is 36.3 Å². The number of benzene rings is 3. The Morgan fingerprint density at radius 3 is 1.61 bits per heavy atom. The van der Waals surface area contributed by atoms with Crippen LogP contribution in [-0.2, 0) is 0 Å². The molecule has 0 atom stereocenters. The number of carbonyl (C=O) groups is 3. The zero-order chi connectivity index (χ0) is 22.4. The molecule has 31 heavy (non-hydrogen) atoms. The van der Waals surface area contributed by atoms with Gasteiger partial charge >= 0.3 is 0 Å². The van der Waals surface area contributed by atoms with E-state index in [-0.39, 0.29) is 22.5 Å². The number of hydrogen-bond acceptors (Lipinski definition) is 3. The van der Waals surface area contributed by atoms with E-state index in [1.165, 1.54) is 36.4 Å². The van der Waals surface area contributed by atoms with E-state index in [1.807, 2.05) is 5.32 Å². The lowest BCUT2D eigenvalue weighted by Crippen LogP contribution is -2.29. The molecule has 0 radical (unpaired) electrons. The number of fused-ring (bicyclic) bond motifs is 1. The lowest BCUT2D eigenvalue weighted by Gasteiger charge is -2.15. The smallest absolute Gasteiger partial charge is 0.266 e. The van der Waals surface area contributed by atoms with Crippen molar-refractivity contribution in [3.05, 3.63) is 94.3 Å². The van der Waals surface area contributed by atoms with Gasteiger partial charge in [0, 0.05) is 5.69 Å². The summed E-state index contributed by atoms with van der Waals surface area (Å²) in [6, 6.07) is 11.1. The zero-order valence-corrected chi connectivity index (χ0v) is 15.2. The molecule has 0 aromatic heterocycles. The van der Waals surface area contributed by atoms with E-state index in [2.05, 4.69) is 0 Å². The summed E-state index contributed by atoms with van der Waals surface area (Å²) in [4.78, 5) is 37.9. The van der Waals surface area contributed by atoms with E-state index in [4.69, 9.17) is 0 Å². The van der Waals surface area contributed by atoms with Crippen molar-refractivity contribution in [2.45, 2.75) is 0 Å². The molecule has 1 aliphatic rings. The number of hydrogen-bond donors (Lipinski definition) is 1. The quantitative estimate of drug-likeness (QED) is 0.288. The standard InChI is InChI=1S/C21H9F5N2O3/c22-14-13(15(23)17(25)18(26)16(14)24)19(29)27-9-5-7-10(8-6-9)28-20(30)11-3-1-2-4-12(11)21(28)31/h1-8H,(H,27,29). The van der Waals surface area contributed by atoms with Gasteiger partial charge in [0.2, 0.25) is 5.82 Å². The summed E-state index contributed by atoms with van der Waals surface area (Å²) in [7, 11) is 0. The largest absolute Gasteiger partial charge is 0.322 e. The second kappa shape index (κ2) is 7.31. The van der Waals surface area contributed by atoms with Crippen molar-refractivity contribution in [2.75, 3.05) is 10.2 Å². The highest BCUT2D eigenvalue weighted by molar-refractivity contribution is 6.34. The number of halogens is 5. The average Bonchev–Trinajstić information content (AvgIpc) is 3.02. The summed E-state index contributed by atoms with van der Waals surface area (Å²) < 4.78 is 67.3. The Balaban J connectivity index is 1.59. The lowest BCUT2D eigenvalue weighted by atomic mass is 10.1. The maximum Gasteiger partial charge on any atom is 0.266 e. The first-order valence-electron chi connectivity index (χ1n) is 8.63. The molecule has 156 valence electrons. The Kier molecular flexibility index (Phi) is 4.77. The van der Waals surface area contributed by atoms with Crippen molar-refractivity contribution in [1.82, 2.24) is 0 Å². The summed E-state index contributed by atoms with van der Waals surface area (Å²) in [6.07, 6.45) is 0. The van der Waals surface area contributed by atoms with E-state index in [0.29, 0.717) is 0 Å². The van der Waals surface area contributed by atoms with Crippen LogP contribution < -0.4 is 10.2 Å². The number of anilines is 2. The molecule has 3 aromatic carbocycles. The minimum Gasteiger partial charge on any atom is -0.322 e. The SMILES string of the molecule is O=C(Nc1ccc(N2C(=O)c3ccccc3C2=O)cc1)c1c(F)c(F)c(F)c(F)c1F. The fourth-order valence-corrected chi connectivity index (χ4v) is 3.12. The molecule has 0 aliphatic carbocycles. The topological polar surface area (TPSA) is 66.5 Å². The average molecular weight is 432 g/mol. The van der Waals surface area contributed by atoms with Crippen molar-refractivity contribution in [2.24, 2.45) is 0 Å². The molecule has 0 fully saturated rings. The Morgan fingerprint density at radius 1 is 0.677 bits per heavy atom. The summed E-state index contributed by atoms with van der Waals surface area (Å²) in [5, 5.41) is 2.01. The van der Waals surface area contributed by atoms with E-state index in [0.717, 1.165) is 4.90 Å². The van der Waals surface area contributed by atoms with E-state index >= 15 is 0 Å². The summed E-state index contributed by atoms with van der Waals surface area (Å²) in [6.45, 7) is 0. The van der Waals surface area contributed by atoms with Crippen LogP contribution in [0.5, 0.6) is 0 Å². The Hall–Kier alpha value is -4.08. The van der Waals surface area contributed by atoms with Gasteiger partial charge in [0.05, 0.1) is 16.8 Å². The predicted octanol–water partition coefficient (Wildman–Crippen LogP) is 4.44. The van der Waals surface area contributed by atoms with Gasteiger partial charge < -0.3 is 5.32 Å². The fourth-order valence-electron chi connectivity index (χ4n) is 3.12. The van der Waals surface area contributed by atoms with Crippen LogP contribution in [-0.4, -0.2) is 17.7 Å². The molecular weight excluding hydrogens is 423 g/mol. The molecule has 0 unspecified atom stereocenters. The first-order chi connectivity index (χ1) is 14.7. The summed E-state index contributed by atoms with van der Waals surface area (Å²) >= 11 is 0. The van der Waals surface area contributed by atoms with Gasteiger partial charge in [-0.1, -0.05) is 12.1 Å². The van der Waals surface area contributed by atoms with Crippen molar-refractivity contribution in [3.8, 4) is 0 Å². The third-order valence-corrected chi connectivity index (χ3v) is 4.61. The van der Waals surface area contributed by atoms with Crippen LogP contribution >= 0.6 is 0 Å². The highest BCUT2D eigenvalue weighted by Crippen LogP contribution is 2.29. The van der Waals surface area contributed by atoms with Gasteiger partial charge in [-0.05, 0) is 36.4 Å². The summed E-state index contributed by atoms with van der Waals surface area (Å²) in [5.74, 6) is -14.1. The molecule has 5 nitrogen and oxygen atoms in total. The molecule has 3 amide bonds. The first kappa shape index (κ1) is 20.2. The lowest BCUT2D eigenvalue weighted by molar-refractivity contribution is 0.0924. The normalized spacial score (nSPS) is 12.9. The van der Waals surface area contributed by atoms with Crippen molar-refractivity contribution >= 4 is 29.1 Å². The van der Waals surface area contributed by atoms with Crippen LogP contribution in [0.4, 0.5) is 33.3 Å². The van der Waals surface area contributed by atoms with Crippen LogP contribution in [0.2, 0.25) is 0 Å². The van der Waals surface area contributed by atoms with Crippen molar-refractivity contribution in [1.29, 1.82) is 0 Å². The van der Waals surface area contributed by atoms with Crippen LogP contribution in [0.3, 0.4) is 0 Å². The number of rotatable bonds is 3. The molecule has 4 rings (SSSR count). The minimum absolute atomic E-state index is 0.0747. The Morgan fingerprint density at radius 2 is 1.13 bits per heavy atom. The second-order valence-electron chi connectivity index (χ2n) is 6.44. The number of amides is 3. The van der Waals surface area contributed by atoms with Gasteiger partial charge in [-0.3, -0.25) is 14.4 Å². The number of carbonyl (C=O) groups excluding carboxylic acids is 3. The van der Waals surface area contributed by atoms with Gasteiger partial charge in [0.15, 0.2) is 23.3 Å². The van der Waals surface area contributed by atoms with Crippen LogP contribution in [0.1, 0.15) is 31.1 Å². The molecule has 0 saturated heterocycles. The molecule has 0 spiro atoms. The Labute approximate surface area is 170 Å². The fraction of sp³-hybridized carbons (Fsp3) is 0. The van der Waals surface area contributed by atoms with Gasteiger partial charge in [0.25, 0.3) is 17.7 Å². The number of nitrogens with one attached hydrogen (secondary N) is 1. The van der Waals surface area contributed by atoms with Gasteiger partial charge in [-0.25, -0.2) is 26.9 Å². The van der Waals surface area contributed by atoms with Gasteiger partial charge in [-0.15, -0.1) is 0 Å². The Bertz CT molecular complexity index is 1210. The van der Waals surface area contributed by atoms with Crippen LogP contribution in [0, 0.1) is 29.1 Å². The molecule has 0 saturated carbocycles. The third kappa shape index (κ3) is 3.12. The molecule has 1 aliphatic heterocycles. The predicted molar refractivity (Wildman–Crippen MR) is 98.2 cm³/mol. The third-order valence-electron chi connectivity index (χ3n) is 4.61. The van der Waals surface area contributed by atoms with Gasteiger partial charge in [0.1, 0.15) is 5.56 Å². The van der Waals surface area contributed by atoms with Gasteiger partial charge in [-0.2, -0.15) is 0 Å². The highest BCUT2D eigenvalue weighted by atomic mass is 19.2. The highest BCUT2D eigenvalue weighted by Gasteiger charge is 2.36. The van der Waals surface area contributed by atoms with Crippen molar-refractivity contribution < 1.29 is 36.3 Å². The zero-order valence-electron chi connectivity index (χ0n) is 15.2. The molecule has 0 bridgehead atoms. The monoisotopic (exact) mass is 432 g/mol. The van der Waals surface area contributed by atoms with Crippen LogP contribution in [0.25, 0.3) is 0 Å². The summed E-state index contributed by atoms with van der Waals surface area (Å²) in [5.41, 5.74) is -1.12. The van der Waals surface area contributed by atoms with E-state index in [1.54, 1.807) is 12.1 Å². The maximum absolute atomic E-state index is 13.8.